The Labute approximate surface area is 260 Å². The summed E-state index contributed by atoms with van der Waals surface area (Å²) in [7, 11) is 0. The zero-order valence-electron chi connectivity index (χ0n) is 23.5. The highest BCUT2D eigenvalue weighted by Gasteiger charge is 2.69. The van der Waals surface area contributed by atoms with Crippen LogP contribution in [0.5, 0.6) is 5.75 Å². The van der Waals surface area contributed by atoms with Crippen LogP contribution in [0.25, 0.3) is 0 Å². The van der Waals surface area contributed by atoms with Gasteiger partial charge in [-0.05, 0) is 60.4 Å². The predicted molar refractivity (Wildman–Crippen MR) is 166 cm³/mol. The number of aromatic nitrogens is 1. The van der Waals surface area contributed by atoms with Gasteiger partial charge < -0.3 is 9.72 Å². The van der Waals surface area contributed by atoms with Gasteiger partial charge >= 0.3 is 4.87 Å². The van der Waals surface area contributed by atoms with E-state index in [2.05, 4.69) is 30.1 Å². The molecule has 0 spiro atoms. The van der Waals surface area contributed by atoms with Crippen molar-refractivity contribution in [3.63, 3.8) is 0 Å². The Bertz CT molecular complexity index is 1900. The average Bonchev–Trinajstić information content (AvgIpc) is 3.76. The second kappa shape index (κ2) is 10.2. The molecule has 2 aliphatic carbocycles. The van der Waals surface area contributed by atoms with E-state index in [0.29, 0.717) is 12.3 Å². The van der Waals surface area contributed by atoms with Crippen LogP contribution in [0.15, 0.2) is 82.6 Å². The Morgan fingerprint density at radius 2 is 1.66 bits per heavy atom. The Hall–Kier alpha value is -4.22. The number of nitro benzene ring substituents is 1. The van der Waals surface area contributed by atoms with Crippen molar-refractivity contribution in [1.29, 1.82) is 0 Å². The first kappa shape index (κ1) is 27.3. The van der Waals surface area contributed by atoms with Gasteiger partial charge in [-0.15, -0.1) is 11.8 Å². The number of anilines is 1. The number of carbonyl (C=O) groups is 2. The van der Waals surface area contributed by atoms with Crippen LogP contribution >= 0.6 is 23.1 Å². The van der Waals surface area contributed by atoms with Gasteiger partial charge in [0.2, 0.25) is 11.8 Å². The summed E-state index contributed by atoms with van der Waals surface area (Å²) >= 11 is 2.86. The number of H-pyrrole nitrogens is 1. The summed E-state index contributed by atoms with van der Waals surface area (Å²) in [6, 6.07) is 21.7. The monoisotopic (exact) mass is 625 g/mol. The molecule has 3 aromatic carbocycles. The molecule has 8 rings (SSSR count). The number of aromatic amines is 1. The fourth-order valence-electron chi connectivity index (χ4n) is 8.14. The fourth-order valence-corrected chi connectivity index (χ4v) is 11.0. The first-order valence-corrected chi connectivity index (χ1v) is 16.3. The maximum Gasteiger partial charge on any atom is 0.305 e. The van der Waals surface area contributed by atoms with E-state index >= 15 is 0 Å². The molecule has 11 heteroatoms. The first-order chi connectivity index (χ1) is 21.3. The van der Waals surface area contributed by atoms with Crippen LogP contribution in [-0.2, 0) is 16.2 Å². The van der Waals surface area contributed by atoms with Gasteiger partial charge in [-0.25, -0.2) is 0 Å². The summed E-state index contributed by atoms with van der Waals surface area (Å²) in [6.45, 7) is 2.46. The number of fused-ring (bicyclic) bond motifs is 9. The number of para-hydroxylation sites is 1. The number of imide groups is 1. The molecule has 7 atom stereocenters. The molecule has 222 valence electrons. The van der Waals surface area contributed by atoms with Gasteiger partial charge in [0.1, 0.15) is 12.4 Å². The van der Waals surface area contributed by atoms with Crippen LogP contribution in [0.3, 0.4) is 0 Å². The normalized spacial score (nSPS) is 28.1. The Morgan fingerprint density at radius 3 is 2.41 bits per heavy atom. The molecular weight excluding hydrogens is 599 g/mol. The second-order valence-electron chi connectivity index (χ2n) is 12.0. The third-order valence-electron chi connectivity index (χ3n) is 9.94. The lowest BCUT2D eigenvalue weighted by Crippen LogP contribution is -2.42. The lowest BCUT2D eigenvalue weighted by atomic mass is 9.68. The van der Waals surface area contributed by atoms with Crippen LogP contribution < -0.4 is 14.5 Å². The quantitative estimate of drug-likeness (QED) is 0.161. The van der Waals surface area contributed by atoms with E-state index in [9.17, 15) is 24.5 Å². The van der Waals surface area contributed by atoms with E-state index in [1.165, 1.54) is 40.5 Å². The van der Waals surface area contributed by atoms with Crippen LogP contribution in [0.4, 0.5) is 11.4 Å². The number of hydrogen-bond acceptors (Lipinski definition) is 8. The number of amides is 2. The molecule has 0 radical (unpaired) electrons. The zero-order valence-corrected chi connectivity index (χ0v) is 25.2. The molecule has 2 bridgehead atoms. The number of nitrogens with one attached hydrogen (secondary N) is 1. The van der Waals surface area contributed by atoms with Crippen molar-refractivity contribution in [1.82, 2.24) is 4.98 Å². The highest BCUT2D eigenvalue weighted by atomic mass is 32.2. The minimum atomic E-state index is -0.500. The third kappa shape index (κ3) is 4.02. The smallest absolute Gasteiger partial charge is 0.305 e. The van der Waals surface area contributed by atoms with Crippen molar-refractivity contribution in [2.45, 2.75) is 36.1 Å². The summed E-state index contributed by atoms with van der Waals surface area (Å²) in [5.41, 5.74) is 3.50. The highest BCUT2D eigenvalue weighted by Crippen LogP contribution is 2.69. The summed E-state index contributed by atoms with van der Waals surface area (Å²) < 4.78 is 6.47. The molecule has 1 aromatic heterocycles. The number of thiazole rings is 1. The second-order valence-corrected chi connectivity index (χ2v) is 14.2. The molecule has 4 aliphatic rings. The molecular formula is C33H27N3O6S2. The summed E-state index contributed by atoms with van der Waals surface area (Å²) in [6.07, 6.45) is 0.769. The first-order valence-electron chi connectivity index (χ1n) is 14.6. The number of non-ortho nitro benzene ring substituents is 1. The largest absolute Gasteiger partial charge is 0.489 e. The van der Waals surface area contributed by atoms with Gasteiger partial charge in [0, 0.05) is 33.7 Å². The predicted octanol–water partition coefficient (Wildman–Crippen LogP) is 5.91. The molecule has 3 heterocycles. The van der Waals surface area contributed by atoms with E-state index < -0.39 is 16.8 Å². The summed E-state index contributed by atoms with van der Waals surface area (Å²) in [5.74, 6) is -0.855. The molecule has 6 unspecified atom stereocenters. The number of rotatable bonds is 6. The number of nitro groups is 1. The number of ether oxygens (including phenoxy) is 1. The molecule has 1 saturated heterocycles. The van der Waals surface area contributed by atoms with E-state index in [1.807, 2.05) is 30.3 Å². The number of benzene rings is 3. The average molecular weight is 626 g/mol. The topological polar surface area (TPSA) is 123 Å². The molecule has 2 aliphatic heterocycles. The van der Waals surface area contributed by atoms with Crippen molar-refractivity contribution in [3.05, 3.63) is 114 Å². The molecule has 9 nitrogen and oxygen atoms in total. The maximum absolute atomic E-state index is 14.0. The maximum atomic E-state index is 14.0. The van der Waals surface area contributed by atoms with Crippen LogP contribution in [-0.4, -0.2) is 27.0 Å². The van der Waals surface area contributed by atoms with Crippen molar-refractivity contribution < 1.29 is 19.2 Å². The number of aryl methyl sites for hydroxylation is 1. The Kier molecular flexibility index (Phi) is 6.32. The molecule has 44 heavy (non-hydrogen) atoms. The number of thioether (sulfide) groups is 1. The lowest BCUT2D eigenvalue weighted by Gasteiger charge is -2.43. The van der Waals surface area contributed by atoms with Crippen LogP contribution in [0.2, 0.25) is 0 Å². The van der Waals surface area contributed by atoms with Gasteiger partial charge in [0.25, 0.3) is 5.69 Å². The van der Waals surface area contributed by atoms with Gasteiger partial charge in [-0.3, -0.25) is 29.4 Å². The molecule has 2 saturated carbocycles. The molecule has 2 amide bonds. The molecule has 1 N–H and O–H groups in total. The summed E-state index contributed by atoms with van der Waals surface area (Å²) in [5, 5.41) is 12.1. The number of hydrogen-bond donors (Lipinski definition) is 1. The van der Waals surface area contributed by atoms with Crippen molar-refractivity contribution in [2.24, 2.45) is 29.6 Å². The van der Waals surface area contributed by atoms with Crippen molar-refractivity contribution >= 4 is 46.3 Å². The fraction of sp³-hybridized carbons (Fsp3) is 0.303. The SMILES string of the molecule is Cc1ccccc1COc1ccccc1[C@H]1c2sc(=O)[nH]c2SC2C3CC(C4C(=O)N(c5ccc([N+](=O)[O-])cc5)C(=O)C34)C21. The standard InChI is InChI=1S/C33H27N3O6S2/c1-16-6-2-3-7-17(16)15-42-23-9-5-4-8-20(23)24-25-21-14-22(28(25)43-30-29(24)44-33(39)34-30)27-26(21)31(37)35(32(27)38)18-10-12-19(13-11-18)36(40)41/h2-13,21-22,24-28H,14-15H2,1H3,(H,34,39)/t21?,22?,24-,25?,26?,27?,28?/m1/s1. The molecule has 3 fully saturated rings. The van der Waals surface area contributed by atoms with Crippen molar-refractivity contribution in [3.8, 4) is 5.75 Å². The lowest BCUT2D eigenvalue weighted by molar-refractivity contribution is -0.384. The minimum Gasteiger partial charge on any atom is -0.489 e. The highest BCUT2D eigenvalue weighted by molar-refractivity contribution is 8.00. The van der Waals surface area contributed by atoms with E-state index in [0.717, 1.165) is 38.8 Å². The Morgan fingerprint density at radius 1 is 0.955 bits per heavy atom. The number of nitrogens with zero attached hydrogens (tertiary/aromatic N) is 2. The summed E-state index contributed by atoms with van der Waals surface area (Å²) in [4.78, 5) is 56.4. The van der Waals surface area contributed by atoms with Crippen LogP contribution in [0.1, 0.15) is 33.9 Å². The van der Waals surface area contributed by atoms with E-state index in [-0.39, 0.29) is 51.3 Å². The van der Waals surface area contributed by atoms with Crippen LogP contribution in [0, 0.1) is 46.6 Å². The van der Waals surface area contributed by atoms with Gasteiger partial charge in [-0.2, -0.15) is 0 Å². The van der Waals surface area contributed by atoms with Gasteiger partial charge in [-0.1, -0.05) is 53.8 Å². The molecule has 4 aromatic rings. The number of carbonyl (C=O) groups excluding carboxylic acids is 2. The third-order valence-corrected chi connectivity index (χ3v) is 12.5. The van der Waals surface area contributed by atoms with Crippen molar-refractivity contribution in [2.75, 3.05) is 4.90 Å². The van der Waals surface area contributed by atoms with E-state index in [4.69, 9.17) is 4.74 Å². The minimum absolute atomic E-state index is 0.0291. The Balaban J connectivity index is 1.17. The van der Waals surface area contributed by atoms with Gasteiger partial charge in [0.15, 0.2) is 0 Å². The van der Waals surface area contributed by atoms with E-state index in [1.54, 1.807) is 11.8 Å². The van der Waals surface area contributed by atoms with Gasteiger partial charge in [0.05, 0.1) is 27.5 Å². The zero-order chi connectivity index (χ0) is 30.3.